The second-order valence-electron chi connectivity index (χ2n) is 4.88. The third kappa shape index (κ3) is 3.40. The van der Waals surface area contributed by atoms with Crippen LogP contribution in [0.3, 0.4) is 0 Å². The van der Waals surface area contributed by atoms with E-state index < -0.39 is 17.6 Å². The van der Waals surface area contributed by atoms with Crippen LogP contribution in [-0.2, 0) is 4.79 Å². The molecule has 0 atom stereocenters. The summed E-state index contributed by atoms with van der Waals surface area (Å²) in [6.45, 7) is 0. The third-order valence-corrected chi connectivity index (χ3v) is 4.81. The molecule has 2 amide bonds. The highest BCUT2D eigenvalue weighted by Crippen LogP contribution is 2.33. The number of carbonyl (C=O) groups is 2. The quantitative estimate of drug-likeness (QED) is 0.438. The van der Waals surface area contributed by atoms with Gasteiger partial charge in [0.05, 0.1) is 4.91 Å². The normalized spacial score (nSPS) is 16.1. The van der Waals surface area contributed by atoms with E-state index in [0.29, 0.717) is 9.93 Å². The van der Waals surface area contributed by atoms with Crippen molar-refractivity contribution in [3.63, 3.8) is 0 Å². The molecular formula is C17H9ClFNO2S2. The van der Waals surface area contributed by atoms with Crippen LogP contribution < -0.4 is 0 Å². The average Bonchev–Trinajstić information content (AvgIpc) is 2.83. The molecule has 0 saturated carbocycles. The molecule has 0 unspecified atom stereocenters. The smallest absolute Gasteiger partial charge is 0.268 e. The molecule has 1 aliphatic heterocycles. The number of nitrogens with zero attached hydrogens (tertiary/aromatic N) is 1. The van der Waals surface area contributed by atoms with E-state index in [4.69, 9.17) is 23.8 Å². The number of benzene rings is 2. The van der Waals surface area contributed by atoms with Crippen molar-refractivity contribution >= 4 is 57.8 Å². The lowest BCUT2D eigenvalue weighted by atomic mass is 10.2. The van der Waals surface area contributed by atoms with Crippen molar-refractivity contribution in [3.05, 3.63) is 75.4 Å². The zero-order valence-electron chi connectivity index (χ0n) is 12.0. The van der Waals surface area contributed by atoms with Crippen molar-refractivity contribution in [1.29, 1.82) is 0 Å². The molecule has 0 aliphatic carbocycles. The maximum atomic E-state index is 13.0. The lowest BCUT2D eigenvalue weighted by Gasteiger charge is -2.12. The summed E-state index contributed by atoms with van der Waals surface area (Å²) >= 11 is 12.0. The van der Waals surface area contributed by atoms with E-state index in [-0.39, 0.29) is 9.88 Å². The molecule has 24 heavy (non-hydrogen) atoms. The molecule has 0 radical (unpaired) electrons. The van der Waals surface area contributed by atoms with Gasteiger partial charge >= 0.3 is 0 Å². The Kier molecular flexibility index (Phi) is 4.80. The number of hydrogen-bond acceptors (Lipinski definition) is 4. The number of thiocarbonyl (C=S) groups is 1. The Morgan fingerprint density at radius 1 is 1.12 bits per heavy atom. The van der Waals surface area contributed by atoms with Crippen LogP contribution >= 0.6 is 35.6 Å². The first-order valence-electron chi connectivity index (χ1n) is 6.79. The maximum absolute atomic E-state index is 13.0. The van der Waals surface area contributed by atoms with Crippen LogP contribution in [0.15, 0.2) is 53.4 Å². The molecule has 0 aromatic heterocycles. The molecule has 0 N–H and O–H groups in total. The third-order valence-electron chi connectivity index (χ3n) is 3.26. The van der Waals surface area contributed by atoms with Crippen molar-refractivity contribution in [2.45, 2.75) is 0 Å². The Hall–Kier alpha value is -2.02. The van der Waals surface area contributed by atoms with Crippen molar-refractivity contribution in [1.82, 2.24) is 4.90 Å². The van der Waals surface area contributed by atoms with Gasteiger partial charge in [-0.25, -0.2) is 9.29 Å². The minimum absolute atomic E-state index is 0.148. The summed E-state index contributed by atoms with van der Waals surface area (Å²) in [6, 6.07) is 11.9. The summed E-state index contributed by atoms with van der Waals surface area (Å²) in [6.07, 6.45) is 1.65. The summed E-state index contributed by atoms with van der Waals surface area (Å²) in [5, 5.41) is 0.589. The Balaban J connectivity index is 1.87. The van der Waals surface area contributed by atoms with Crippen molar-refractivity contribution in [2.75, 3.05) is 0 Å². The molecule has 3 nitrogen and oxygen atoms in total. The van der Waals surface area contributed by atoms with Gasteiger partial charge in [-0.3, -0.25) is 9.59 Å². The van der Waals surface area contributed by atoms with Gasteiger partial charge in [-0.05, 0) is 48.0 Å². The largest absolute Gasteiger partial charge is 0.273 e. The number of hydrogen-bond donors (Lipinski definition) is 0. The predicted molar refractivity (Wildman–Crippen MR) is 97.2 cm³/mol. The van der Waals surface area contributed by atoms with Crippen LogP contribution in [0.2, 0.25) is 5.02 Å². The molecular weight excluding hydrogens is 369 g/mol. The molecule has 0 spiro atoms. The minimum atomic E-state index is -0.572. The van der Waals surface area contributed by atoms with E-state index in [9.17, 15) is 14.0 Å². The number of amides is 2. The minimum Gasteiger partial charge on any atom is -0.268 e. The van der Waals surface area contributed by atoms with Crippen LogP contribution in [0.1, 0.15) is 15.9 Å². The predicted octanol–water partition coefficient (Wildman–Crippen LogP) is 4.52. The van der Waals surface area contributed by atoms with E-state index in [0.717, 1.165) is 34.4 Å². The fraction of sp³-hybridized carbons (Fsp3) is 0. The Bertz CT molecular complexity index is 863. The second kappa shape index (κ2) is 6.84. The molecule has 2 aromatic rings. The SMILES string of the molecule is O=C1/C(=C/c2ccc(Cl)cc2)SC(=S)N1C(=O)c1ccc(F)cc1. The molecule has 1 aliphatic rings. The molecule has 0 bridgehead atoms. The zero-order valence-corrected chi connectivity index (χ0v) is 14.4. The van der Waals surface area contributed by atoms with Crippen LogP contribution in [-0.4, -0.2) is 21.0 Å². The highest BCUT2D eigenvalue weighted by Gasteiger charge is 2.37. The van der Waals surface area contributed by atoms with Crippen molar-refractivity contribution in [2.24, 2.45) is 0 Å². The van der Waals surface area contributed by atoms with Gasteiger partial charge in [0.15, 0.2) is 4.32 Å². The Morgan fingerprint density at radius 3 is 2.38 bits per heavy atom. The number of halogens is 2. The van der Waals surface area contributed by atoms with Gasteiger partial charge in [-0.1, -0.05) is 47.7 Å². The van der Waals surface area contributed by atoms with Crippen LogP contribution in [0.25, 0.3) is 6.08 Å². The first-order valence-corrected chi connectivity index (χ1v) is 8.39. The molecule has 120 valence electrons. The van der Waals surface area contributed by atoms with Gasteiger partial charge in [0.2, 0.25) is 0 Å². The van der Waals surface area contributed by atoms with Crippen LogP contribution in [0.4, 0.5) is 4.39 Å². The Labute approximate surface area is 152 Å². The maximum Gasteiger partial charge on any atom is 0.273 e. The van der Waals surface area contributed by atoms with Gasteiger partial charge in [-0.15, -0.1) is 0 Å². The van der Waals surface area contributed by atoms with Gasteiger partial charge in [-0.2, -0.15) is 0 Å². The number of imide groups is 1. The van der Waals surface area contributed by atoms with Gasteiger partial charge in [0.25, 0.3) is 11.8 Å². The lowest BCUT2D eigenvalue weighted by molar-refractivity contribution is -0.120. The van der Waals surface area contributed by atoms with E-state index >= 15 is 0 Å². The molecule has 7 heteroatoms. The first kappa shape index (κ1) is 16.8. The van der Waals surface area contributed by atoms with Crippen molar-refractivity contribution < 1.29 is 14.0 Å². The van der Waals surface area contributed by atoms with Crippen LogP contribution in [0, 0.1) is 5.82 Å². The monoisotopic (exact) mass is 377 g/mol. The summed E-state index contributed by atoms with van der Waals surface area (Å²) in [4.78, 5) is 26.2. The molecule has 1 heterocycles. The Morgan fingerprint density at radius 2 is 1.75 bits per heavy atom. The van der Waals surface area contributed by atoms with E-state index in [2.05, 4.69) is 0 Å². The molecule has 1 fully saturated rings. The van der Waals surface area contributed by atoms with E-state index in [1.54, 1.807) is 30.3 Å². The number of rotatable bonds is 2. The second-order valence-corrected chi connectivity index (χ2v) is 6.99. The van der Waals surface area contributed by atoms with Gasteiger partial charge in [0.1, 0.15) is 5.82 Å². The molecule has 2 aromatic carbocycles. The fourth-order valence-corrected chi connectivity index (χ4v) is 3.45. The molecule has 3 rings (SSSR count). The highest BCUT2D eigenvalue weighted by molar-refractivity contribution is 8.26. The zero-order chi connectivity index (χ0) is 17.3. The van der Waals surface area contributed by atoms with Crippen molar-refractivity contribution in [3.8, 4) is 0 Å². The summed E-state index contributed by atoms with van der Waals surface area (Å²) < 4.78 is 13.1. The van der Waals surface area contributed by atoms with Crippen LogP contribution in [0.5, 0.6) is 0 Å². The lowest BCUT2D eigenvalue weighted by Crippen LogP contribution is -2.34. The fourth-order valence-electron chi connectivity index (χ4n) is 2.07. The summed E-state index contributed by atoms with van der Waals surface area (Å²) in [5.74, 6) is -1.52. The number of carbonyl (C=O) groups excluding carboxylic acids is 2. The van der Waals surface area contributed by atoms with Gasteiger partial charge in [0, 0.05) is 10.6 Å². The highest BCUT2D eigenvalue weighted by atomic mass is 35.5. The molecule has 1 saturated heterocycles. The summed E-state index contributed by atoms with van der Waals surface area (Å²) in [7, 11) is 0. The standard InChI is InChI=1S/C17H9ClFNO2S2/c18-12-5-1-10(2-6-12)9-14-16(22)20(17(23)24-14)15(21)11-3-7-13(19)8-4-11/h1-9H/b14-9-. The number of thioether (sulfide) groups is 1. The average molecular weight is 378 g/mol. The van der Waals surface area contributed by atoms with E-state index in [1.165, 1.54) is 12.1 Å². The first-order chi connectivity index (χ1) is 11.5. The van der Waals surface area contributed by atoms with Gasteiger partial charge < -0.3 is 0 Å². The van der Waals surface area contributed by atoms with E-state index in [1.807, 2.05) is 0 Å². The summed E-state index contributed by atoms with van der Waals surface area (Å²) in [5.41, 5.74) is 0.967. The topological polar surface area (TPSA) is 37.4 Å².